The van der Waals surface area contributed by atoms with Crippen LogP contribution in [0.1, 0.15) is 12.8 Å². The Bertz CT molecular complexity index is 95.8. The highest BCUT2D eigenvalue weighted by Gasteiger charge is 2.30. The lowest BCUT2D eigenvalue weighted by molar-refractivity contribution is 0.141. The number of aliphatic hydroxyl groups is 2. The van der Waals surface area contributed by atoms with E-state index in [-0.39, 0.29) is 13.2 Å². The molecule has 0 aromatic carbocycles. The number of hydrogen-bond acceptors (Lipinski definition) is 2. The van der Waals surface area contributed by atoms with Crippen LogP contribution in [-0.2, 0) is 0 Å². The summed E-state index contributed by atoms with van der Waals surface area (Å²) < 4.78 is 0. The second-order valence-electron chi connectivity index (χ2n) is 3.46. The lowest BCUT2D eigenvalue weighted by atomic mass is 9.85. The highest BCUT2D eigenvalue weighted by molar-refractivity contribution is 6.11. The van der Waals surface area contributed by atoms with Crippen molar-refractivity contribution < 1.29 is 10.2 Å². The first-order valence-electron chi connectivity index (χ1n) is 3.99. The summed E-state index contributed by atoms with van der Waals surface area (Å²) in [5.74, 6) is 1.41. The van der Waals surface area contributed by atoms with E-state index in [1.807, 2.05) is 0 Å². The van der Waals surface area contributed by atoms with Crippen LogP contribution in [0.3, 0.4) is 0 Å². The Balaban J connectivity index is 2.41. The van der Waals surface area contributed by atoms with E-state index in [1.165, 1.54) is 0 Å². The minimum atomic E-state index is 0.246. The molecule has 0 spiro atoms. The van der Waals surface area contributed by atoms with Crippen LogP contribution in [0.5, 0.6) is 0 Å². The van der Waals surface area contributed by atoms with Gasteiger partial charge in [0.15, 0.2) is 0 Å². The Labute approximate surface area is 62.7 Å². The summed E-state index contributed by atoms with van der Waals surface area (Å²) in [6.45, 7) is 0.491. The van der Waals surface area contributed by atoms with E-state index in [0.717, 1.165) is 12.8 Å². The zero-order valence-electron chi connectivity index (χ0n) is 6.45. The molecule has 0 saturated heterocycles. The lowest BCUT2D eigenvalue weighted by Gasteiger charge is -2.12. The molecule has 0 bridgehead atoms. The van der Waals surface area contributed by atoms with Gasteiger partial charge in [0, 0.05) is 13.2 Å². The molecule has 1 aliphatic carbocycles. The van der Waals surface area contributed by atoms with E-state index >= 15 is 0 Å². The van der Waals surface area contributed by atoms with Gasteiger partial charge in [0.05, 0.1) is 0 Å². The van der Waals surface area contributed by atoms with Gasteiger partial charge in [0.1, 0.15) is 7.85 Å². The molecular formula is C7H15BO2. The van der Waals surface area contributed by atoms with Crippen LogP contribution in [0.15, 0.2) is 0 Å². The molecule has 0 heterocycles. The van der Waals surface area contributed by atoms with Crippen LogP contribution in [0, 0.1) is 11.8 Å². The topological polar surface area (TPSA) is 40.5 Å². The first kappa shape index (κ1) is 8.09. The van der Waals surface area contributed by atoms with Gasteiger partial charge < -0.3 is 10.2 Å². The average Bonchev–Trinajstić information content (AvgIpc) is 2.30. The maximum Gasteiger partial charge on any atom is 0.105 e. The van der Waals surface area contributed by atoms with Gasteiger partial charge in [-0.15, -0.1) is 0 Å². The molecule has 0 aliphatic heterocycles. The third-order valence-corrected chi connectivity index (χ3v) is 2.55. The van der Waals surface area contributed by atoms with Gasteiger partial charge in [-0.25, -0.2) is 0 Å². The quantitative estimate of drug-likeness (QED) is 0.506. The van der Waals surface area contributed by atoms with Crippen LogP contribution in [0.4, 0.5) is 0 Å². The molecule has 2 N–H and O–H groups in total. The summed E-state index contributed by atoms with van der Waals surface area (Å²) >= 11 is 0. The molecule has 2 nitrogen and oxygen atoms in total. The summed E-state index contributed by atoms with van der Waals surface area (Å²) in [5, 5.41) is 17.7. The lowest BCUT2D eigenvalue weighted by Crippen LogP contribution is -2.15. The third-order valence-electron chi connectivity index (χ3n) is 2.55. The average molecular weight is 142 g/mol. The van der Waals surface area contributed by atoms with Crippen LogP contribution in [0.2, 0.25) is 5.82 Å². The van der Waals surface area contributed by atoms with Crippen molar-refractivity contribution in [3.05, 3.63) is 0 Å². The van der Waals surface area contributed by atoms with E-state index < -0.39 is 0 Å². The largest absolute Gasteiger partial charge is 0.396 e. The zero-order valence-corrected chi connectivity index (χ0v) is 6.45. The number of rotatable bonds is 2. The molecule has 0 aromatic rings. The van der Waals surface area contributed by atoms with Crippen molar-refractivity contribution in [2.24, 2.45) is 11.8 Å². The highest BCUT2D eigenvalue weighted by Crippen LogP contribution is 2.37. The minimum Gasteiger partial charge on any atom is -0.396 e. The molecule has 10 heavy (non-hydrogen) atoms. The van der Waals surface area contributed by atoms with Crippen molar-refractivity contribution in [2.75, 3.05) is 13.2 Å². The third kappa shape index (κ3) is 1.52. The second kappa shape index (κ2) is 3.40. The molecule has 1 unspecified atom stereocenters. The Morgan fingerprint density at radius 3 is 1.80 bits per heavy atom. The molecule has 3 atom stereocenters. The predicted molar refractivity (Wildman–Crippen MR) is 42.7 cm³/mol. The highest BCUT2D eigenvalue weighted by atomic mass is 16.3. The van der Waals surface area contributed by atoms with E-state index in [1.54, 1.807) is 0 Å². The van der Waals surface area contributed by atoms with Crippen molar-refractivity contribution in [3.8, 4) is 0 Å². The van der Waals surface area contributed by atoms with Crippen LogP contribution >= 0.6 is 0 Å². The maximum absolute atomic E-state index is 8.87. The van der Waals surface area contributed by atoms with Crippen molar-refractivity contribution in [1.29, 1.82) is 0 Å². The molecule has 1 rings (SSSR count). The van der Waals surface area contributed by atoms with Crippen molar-refractivity contribution >= 4 is 7.85 Å². The fourth-order valence-corrected chi connectivity index (χ4v) is 1.96. The molecule has 58 valence electrons. The van der Waals surface area contributed by atoms with E-state index in [9.17, 15) is 0 Å². The Kier molecular flexibility index (Phi) is 2.75. The molecule has 1 aliphatic rings. The van der Waals surface area contributed by atoms with Gasteiger partial charge in [-0.05, 0) is 11.8 Å². The molecule has 0 aromatic heterocycles. The molecule has 3 heteroatoms. The summed E-state index contributed by atoms with van der Waals surface area (Å²) in [7, 11) is 2.18. The predicted octanol–water partition coefficient (Wildman–Crippen LogP) is -0.581. The fourth-order valence-electron chi connectivity index (χ4n) is 1.96. The standard InChI is InChI=1S/C7H15BO2/c8-7-1-5(3-9)6(2-7)4-10/h5-7,9-10H,1-4,8H2/t5-,6?,7+/m1/s1. The first-order valence-corrected chi connectivity index (χ1v) is 3.99. The monoisotopic (exact) mass is 142 g/mol. The van der Waals surface area contributed by atoms with E-state index in [4.69, 9.17) is 10.2 Å². The smallest absolute Gasteiger partial charge is 0.105 e. The molecular weight excluding hydrogens is 127 g/mol. The summed E-state index contributed by atoms with van der Waals surface area (Å²) in [4.78, 5) is 0. The van der Waals surface area contributed by atoms with E-state index in [2.05, 4.69) is 7.85 Å². The molecule has 0 amide bonds. The Morgan fingerprint density at radius 1 is 1.10 bits per heavy atom. The summed E-state index contributed by atoms with van der Waals surface area (Å²) in [5.41, 5.74) is 0. The van der Waals surface area contributed by atoms with Gasteiger partial charge in [0.2, 0.25) is 0 Å². The van der Waals surface area contributed by atoms with Crippen LogP contribution in [0.25, 0.3) is 0 Å². The van der Waals surface area contributed by atoms with Gasteiger partial charge in [-0.1, -0.05) is 18.7 Å². The number of hydrogen-bond donors (Lipinski definition) is 2. The first-order chi connectivity index (χ1) is 4.77. The fraction of sp³-hybridized carbons (Fsp3) is 1.00. The molecule has 0 radical (unpaired) electrons. The SMILES string of the molecule is B[C@@H]1CC(CO)[C@@H](CO)C1. The van der Waals surface area contributed by atoms with Gasteiger partial charge in [0.25, 0.3) is 0 Å². The second-order valence-corrected chi connectivity index (χ2v) is 3.46. The van der Waals surface area contributed by atoms with Crippen molar-refractivity contribution in [2.45, 2.75) is 18.7 Å². The maximum atomic E-state index is 8.87. The molecule has 1 fully saturated rings. The van der Waals surface area contributed by atoms with Gasteiger partial charge in [-0.3, -0.25) is 0 Å². The Hall–Kier alpha value is -0.0151. The van der Waals surface area contributed by atoms with Crippen LogP contribution < -0.4 is 0 Å². The van der Waals surface area contributed by atoms with Gasteiger partial charge >= 0.3 is 0 Å². The Morgan fingerprint density at radius 2 is 1.50 bits per heavy atom. The van der Waals surface area contributed by atoms with Crippen molar-refractivity contribution in [3.63, 3.8) is 0 Å². The summed E-state index contributed by atoms with van der Waals surface area (Å²) in [6.07, 6.45) is 2.17. The van der Waals surface area contributed by atoms with Gasteiger partial charge in [-0.2, -0.15) is 0 Å². The molecule has 1 saturated carbocycles. The van der Waals surface area contributed by atoms with Crippen LogP contribution in [-0.4, -0.2) is 31.3 Å². The van der Waals surface area contributed by atoms with Crippen molar-refractivity contribution in [1.82, 2.24) is 0 Å². The van der Waals surface area contributed by atoms with E-state index in [0.29, 0.717) is 17.7 Å². The minimum absolute atomic E-state index is 0.246. The number of aliphatic hydroxyl groups excluding tert-OH is 2. The summed E-state index contributed by atoms with van der Waals surface area (Å²) in [6, 6.07) is 0. The normalized spacial score (nSPS) is 40.4. The zero-order chi connectivity index (χ0) is 7.56.